The molecule has 0 aliphatic rings. The molecule has 1 N–H and O–H groups in total. The van der Waals surface area contributed by atoms with E-state index in [0.29, 0.717) is 32.4 Å². The van der Waals surface area contributed by atoms with Crippen molar-refractivity contribution in [3.8, 4) is 0 Å². The summed E-state index contributed by atoms with van der Waals surface area (Å²) in [6.07, 6.45) is 1.33. The van der Waals surface area contributed by atoms with Gasteiger partial charge in [0.25, 0.3) is 0 Å². The molecular formula is C15H21NO3. The van der Waals surface area contributed by atoms with E-state index in [2.05, 4.69) is 5.32 Å². The van der Waals surface area contributed by atoms with Crippen LogP contribution in [0.5, 0.6) is 0 Å². The van der Waals surface area contributed by atoms with Gasteiger partial charge in [-0.2, -0.15) is 0 Å². The Labute approximate surface area is 114 Å². The molecule has 0 bridgehead atoms. The van der Waals surface area contributed by atoms with Gasteiger partial charge in [-0.05, 0) is 25.8 Å². The van der Waals surface area contributed by atoms with Gasteiger partial charge < -0.3 is 10.1 Å². The van der Waals surface area contributed by atoms with E-state index >= 15 is 0 Å². The highest BCUT2D eigenvalue weighted by Gasteiger charge is 2.04. The van der Waals surface area contributed by atoms with Gasteiger partial charge in [0.05, 0.1) is 13.0 Å². The Kier molecular flexibility index (Phi) is 6.64. The summed E-state index contributed by atoms with van der Waals surface area (Å²) in [4.78, 5) is 22.7. The number of rotatable bonds is 7. The van der Waals surface area contributed by atoms with Crippen LogP contribution >= 0.6 is 0 Å². The third-order valence-corrected chi connectivity index (χ3v) is 2.63. The van der Waals surface area contributed by atoms with Crippen LogP contribution in [0.3, 0.4) is 0 Å². The lowest BCUT2D eigenvalue weighted by molar-refractivity contribution is -0.143. The Morgan fingerprint density at radius 2 is 2.11 bits per heavy atom. The lowest BCUT2D eigenvalue weighted by Gasteiger charge is -2.06. The molecule has 1 aromatic rings. The van der Waals surface area contributed by atoms with E-state index in [0.717, 1.165) is 11.1 Å². The first-order chi connectivity index (χ1) is 9.11. The zero-order valence-corrected chi connectivity index (χ0v) is 11.6. The van der Waals surface area contributed by atoms with Crippen molar-refractivity contribution in [2.45, 2.75) is 33.1 Å². The van der Waals surface area contributed by atoms with E-state index in [4.69, 9.17) is 4.74 Å². The van der Waals surface area contributed by atoms with Gasteiger partial charge in [0.2, 0.25) is 5.91 Å². The van der Waals surface area contributed by atoms with Gasteiger partial charge in [0, 0.05) is 13.0 Å². The second-order valence-corrected chi connectivity index (χ2v) is 4.42. The smallest absolute Gasteiger partial charge is 0.305 e. The van der Waals surface area contributed by atoms with Crippen molar-refractivity contribution >= 4 is 11.9 Å². The fraction of sp³-hybridized carbons (Fsp3) is 0.467. The van der Waals surface area contributed by atoms with E-state index in [9.17, 15) is 9.59 Å². The summed E-state index contributed by atoms with van der Waals surface area (Å²) in [5.74, 6) is -0.232. The predicted octanol–water partition coefficient (Wildman–Crippen LogP) is 2.00. The summed E-state index contributed by atoms with van der Waals surface area (Å²) in [5, 5.41) is 2.80. The molecule has 0 unspecified atom stereocenters. The molecule has 0 spiro atoms. The minimum absolute atomic E-state index is 0.0190. The summed E-state index contributed by atoms with van der Waals surface area (Å²) < 4.78 is 4.81. The Hall–Kier alpha value is -1.84. The largest absolute Gasteiger partial charge is 0.466 e. The number of amides is 1. The van der Waals surface area contributed by atoms with Gasteiger partial charge >= 0.3 is 5.97 Å². The number of esters is 1. The van der Waals surface area contributed by atoms with Gasteiger partial charge in [0.15, 0.2) is 0 Å². The lowest BCUT2D eigenvalue weighted by atomic mass is 10.1. The molecule has 0 radical (unpaired) electrons. The van der Waals surface area contributed by atoms with Crippen molar-refractivity contribution in [2.75, 3.05) is 13.2 Å². The Morgan fingerprint density at radius 3 is 2.79 bits per heavy atom. The van der Waals surface area contributed by atoms with Crippen molar-refractivity contribution in [2.24, 2.45) is 0 Å². The van der Waals surface area contributed by atoms with Gasteiger partial charge in [-0.3, -0.25) is 9.59 Å². The number of hydrogen-bond donors (Lipinski definition) is 1. The normalized spacial score (nSPS) is 10.0. The zero-order chi connectivity index (χ0) is 14.1. The maximum atomic E-state index is 11.7. The monoisotopic (exact) mass is 263 g/mol. The molecule has 0 saturated heterocycles. The van der Waals surface area contributed by atoms with Gasteiger partial charge in [-0.15, -0.1) is 0 Å². The first-order valence-electron chi connectivity index (χ1n) is 6.59. The maximum absolute atomic E-state index is 11.7. The van der Waals surface area contributed by atoms with Gasteiger partial charge in [0.1, 0.15) is 0 Å². The number of ether oxygens (including phenoxy) is 1. The molecule has 0 aliphatic carbocycles. The third kappa shape index (κ3) is 6.60. The van der Waals surface area contributed by atoms with Crippen LogP contribution in [0.15, 0.2) is 24.3 Å². The number of carbonyl (C=O) groups excluding carboxylic acids is 2. The topological polar surface area (TPSA) is 55.4 Å². The summed E-state index contributed by atoms with van der Waals surface area (Å²) in [6, 6.07) is 7.88. The van der Waals surface area contributed by atoms with Crippen LogP contribution < -0.4 is 5.32 Å². The number of hydrogen-bond acceptors (Lipinski definition) is 3. The lowest BCUT2D eigenvalue weighted by Crippen LogP contribution is -2.26. The molecule has 0 saturated carbocycles. The van der Waals surface area contributed by atoms with Crippen LogP contribution in [0, 0.1) is 6.92 Å². The second kappa shape index (κ2) is 8.29. The Bertz CT molecular complexity index is 429. The van der Waals surface area contributed by atoms with Crippen molar-refractivity contribution in [3.05, 3.63) is 35.4 Å². The standard InChI is InChI=1S/C15H21NO3/c1-3-19-15(18)8-5-9-16-14(17)11-13-7-4-6-12(2)10-13/h4,6-7,10H,3,5,8-9,11H2,1-2H3,(H,16,17). The van der Waals surface area contributed by atoms with Crippen LogP contribution in [-0.2, 0) is 20.7 Å². The fourth-order valence-corrected chi connectivity index (χ4v) is 1.76. The quantitative estimate of drug-likeness (QED) is 0.604. The zero-order valence-electron chi connectivity index (χ0n) is 11.6. The number of aryl methyl sites for hydroxylation is 1. The summed E-state index contributed by atoms with van der Waals surface area (Å²) in [7, 11) is 0. The first-order valence-corrected chi connectivity index (χ1v) is 6.59. The van der Waals surface area contributed by atoms with Crippen LogP contribution in [-0.4, -0.2) is 25.0 Å². The SMILES string of the molecule is CCOC(=O)CCCNC(=O)Cc1cccc(C)c1. The molecule has 0 atom stereocenters. The molecule has 0 heterocycles. The predicted molar refractivity (Wildman–Crippen MR) is 73.8 cm³/mol. The molecule has 0 aliphatic heterocycles. The molecule has 4 nitrogen and oxygen atoms in total. The maximum Gasteiger partial charge on any atom is 0.305 e. The minimum atomic E-state index is -0.213. The summed E-state index contributed by atoms with van der Waals surface area (Å²) in [5.41, 5.74) is 2.15. The number of benzene rings is 1. The molecule has 104 valence electrons. The van der Waals surface area contributed by atoms with Crippen LogP contribution in [0.1, 0.15) is 30.9 Å². The van der Waals surface area contributed by atoms with E-state index in [1.807, 2.05) is 31.2 Å². The van der Waals surface area contributed by atoms with E-state index < -0.39 is 0 Å². The third-order valence-electron chi connectivity index (χ3n) is 2.63. The summed E-state index contributed by atoms with van der Waals surface area (Å²) >= 11 is 0. The molecule has 0 fully saturated rings. The van der Waals surface area contributed by atoms with Gasteiger partial charge in [-0.25, -0.2) is 0 Å². The molecule has 1 aromatic carbocycles. The van der Waals surface area contributed by atoms with Crippen molar-refractivity contribution in [1.29, 1.82) is 0 Å². The summed E-state index contributed by atoms with van der Waals surface area (Å²) in [6.45, 7) is 4.68. The molecule has 0 aromatic heterocycles. The van der Waals surface area contributed by atoms with E-state index in [1.54, 1.807) is 6.92 Å². The molecule has 4 heteroatoms. The number of nitrogens with one attached hydrogen (secondary N) is 1. The highest BCUT2D eigenvalue weighted by atomic mass is 16.5. The molecular weight excluding hydrogens is 242 g/mol. The van der Waals surface area contributed by atoms with Crippen LogP contribution in [0.2, 0.25) is 0 Å². The van der Waals surface area contributed by atoms with E-state index in [1.165, 1.54) is 0 Å². The fourth-order valence-electron chi connectivity index (χ4n) is 1.76. The highest BCUT2D eigenvalue weighted by Crippen LogP contribution is 2.04. The second-order valence-electron chi connectivity index (χ2n) is 4.42. The Balaban J connectivity index is 2.20. The minimum Gasteiger partial charge on any atom is -0.466 e. The van der Waals surface area contributed by atoms with Crippen molar-refractivity contribution in [1.82, 2.24) is 5.32 Å². The molecule has 1 rings (SSSR count). The molecule has 1 amide bonds. The van der Waals surface area contributed by atoms with Gasteiger partial charge in [-0.1, -0.05) is 29.8 Å². The Morgan fingerprint density at radius 1 is 1.32 bits per heavy atom. The average molecular weight is 263 g/mol. The van der Waals surface area contributed by atoms with E-state index in [-0.39, 0.29) is 11.9 Å². The molecule has 19 heavy (non-hydrogen) atoms. The first kappa shape index (κ1) is 15.2. The van der Waals surface area contributed by atoms with Crippen molar-refractivity contribution in [3.63, 3.8) is 0 Å². The van der Waals surface area contributed by atoms with Crippen molar-refractivity contribution < 1.29 is 14.3 Å². The van der Waals surface area contributed by atoms with Crippen LogP contribution in [0.4, 0.5) is 0 Å². The average Bonchev–Trinajstić information content (AvgIpc) is 2.35. The highest BCUT2D eigenvalue weighted by molar-refractivity contribution is 5.78. The van der Waals surface area contributed by atoms with Crippen LogP contribution in [0.25, 0.3) is 0 Å². The number of carbonyl (C=O) groups is 2.